The SMILES string of the molecule is CCC(C)CNC(=O)N(CC)CC(=O)O. The Labute approximate surface area is 90.5 Å². The number of nitrogens with zero attached hydrogens (tertiary/aromatic N) is 1. The van der Waals surface area contributed by atoms with Crippen molar-refractivity contribution in [2.24, 2.45) is 5.92 Å². The molecule has 0 radical (unpaired) electrons. The summed E-state index contributed by atoms with van der Waals surface area (Å²) in [6.07, 6.45) is 0.991. The molecular formula is C10H20N2O3. The van der Waals surface area contributed by atoms with E-state index in [0.717, 1.165) is 6.42 Å². The largest absolute Gasteiger partial charge is 0.480 e. The Morgan fingerprint density at radius 1 is 1.40 bits per heavy atom. The van der Waals surface area contributed by atoms with E-state index in [-0.39, 0.29) is 12.6 Å². The Balaban J connectivity index is 3.99. The highest BCUT2D eigenvalue weighted by Gasteiger charge is 2.14. The van der Waals surface area contributed by atoms with E-state index < -0.39 is 5.97 Å². The van der Waals surface area contributed by atoms with Gasteiger partial charge in [-0.1, -0.05) is 20.3 Å². The second kappa shape index (κ2) is 7.09. The van der Waals surface area contributed by atoms with Gasteiger partial charge in [0, 0.05) is 13.1 Å². The quantitative estimate of drug-likeness (QED) is 0.699. The highest BCUT2D eigenvalue weighted by molar-refractivity contribution is 5.79. The van der Waals surface area contributed by atoms with Gasteiger partial charge in [0.1, 0.15) is 6.54 Å². The first-order valence-electron chi connectivity index (χ1n) is 5.25. The molecule has 1 atom stereocenters. The minimum atomic E-state index is -0.990. The van der Waals surface area contributed by atoms with Crippen LogP contribution in [0.3, 0.4) is 0 Å². The van der Waals surface area contributed by atoms with Crippen molar-refractivity contribution in [3.8, 4) is 0 Å². The van der Waals surface area contributed by atoms with Gasteiger partial charge in [-0.2, -0.15) is 0 Å². The average Bonchev–Trinajstić information content (AvgIpc) is 2.21. The molecule has 2 amide bonds. The van der Waals surface area contributed by atoms with Crippen LogP contribution in [0.4, 0.5) is 4.79 Å². The molecule has 0 heterocycles. The van der Waals surface area contributed by atoms with E-state index in [1.807, 2.05) is 13.8 Å². The normalized spacial score (nSPS) is 11.9. The number of aliphatic carboxylic acids is 1. The number of likely N-dealkylation sites (N-methyl/N-ethyl adjacent to an activating group) is 1. The van der Waals surface area contributed by atoms with Crippen LogP contribution in [0.1, 0.15) is 27.2 Å². The number of hydrogen-bond acceptors (Lipinski definition) is 2. The number of carboxylic acids is 1. The lowest BCUT2D eigenvalue weighted by atomic mass is 10.1. The third-order valence-corrected chi connectivity index (χ3v) is 2.29. The smallest absolute Gasteiger partial charge is 0.323 e. The van der Waals surface area contributed by atoms with Crippen molar-refractivity contribution in [3.63, 3.8) is 0 Å². The van der Waals surface area contributed by atoms with Crippen LogP contribution < -0.4 is 5.32 Å². The Morgan fingerprint density at radius 3 is 2.40 bits per heavy atom. The van der Waals surface area contributed by atoms with Gasteiger partial charge in [0.05, 0.1) is 0 Å². The third kappa shape index (κ3) is 5.93. The van der Waals surface area contributed by atoms with Crippen molar-refractivity contribution < 1.29 is 14.7 Å². The van der Waals surface area contributed by atoms with Crippen LogP contribution in [0.5, 0.6) is 0 Å². The number of hydrogen-bond donors (Lipinski definition) is 2. The molecular weight excluding hydrogens is 196 g/mol. The van der Waals surface area contributed by atoms with Gasteiger partial charge in [0.2, 0.25) is 0 Å². The van der Waals surface area contributed by atoms with Crippen LogP contribution in [0.25, 0.3) is 0 Å². The van der Waals surface area contributed by atoms with Crippen LogP contribution in [0.2, 0.25) is 0 Å². The molecule has 5 nitrogen and oxygen atoms in total. The minimum absolute atomic E-state index is 0.247. The summed E-state index contributed by atoms with van der Waals surface area (Å²) in [5, 5.41) is 11.3. The summed E-state index contributed by atoms with van der Waals surface area (Å²) in [4.78, 5) is 23.2. The maximum atomic E-state index is 11.5. The minimum Gasteiger partial charge on any atom is -0.480 e. The zero-order valence-corrected chi connectivity index (χ0v) is 9.62. The van der Waals surface area contributed by atoms with Gasteiger partial charge in [0.15, 0.2) is 0 Å². The zero-order valence-electron chi connectivity index (χ0n) is 9.62. The number of carbonyl (C=O) groups is 2. The van der Waals surface area contributed by atoms with Gasteiger partial charge < -0.3 is 15.3 Å². The molecule has 2 N–H and O–H groups in total. The number of urea groups is 1. The van der Waals surface area contributed by atoms with E-state index >= 15 is 0 Å². The molecule has 0 bridgehead atoms. The molecule has 0 fully saturated rings. The molecule has 0 aromatic heterocycles. The predicted molar refractivity (Wildman–Crippen MR) is 57.7 cm³/mol. The molecule has 0 rings (SSSR count). The van der Waals surface area contributed by atoms with E-state index in [0.29, 0.717) is 19.0 Å². The van der Waals surface area contributed by atoms with Gasteiger partial charge in [-0.15, -0.1) is 0 Å². The molecule has 0 aromatic rings. The number of nitrogens with one attached hydrogen (secondary N) is 1. The van der Waals surface area contributed by atoms with E-state index in [4.69, 9.17) is 5.11 Å². The molecule has 5 heteroatoms. The lowest BCUT2D eigenvalue weighted by Crippen LogP contribution is -2.43. The lowest BCUT2D eigenvalue weighted by molar-refractivity contribution is -0.137. The van der Waals surface area contributed by atoms with E-state index in [2.05, 4.69) is 5.32 Å². The fourth-order valence-corrected chi connectivity index (χ4v) is 1.01. The van der Waals surface area contributed by atoms with E-state index in [1.165, 1.54) is 4.90 Å². The van der Waals surface area contributed by atoms with E-state index in [1.54, 1.807) is 6.92 Å². The maximum absolute atomic E-state index is 11.5. The highest BCUT2D eigenvalue weighted by atomic mass is 16.4. The average molecular weight is 216 g/mol. The second-order valence-electron chi connectivity index (χ2n) is 3.61. The Hall–Kier alpha value is -1.26. The topological polar surface area (TPSA) is 69.6 Å². The molecule has 88 valence electrons. The Morgan fingerprint density at radius 2 is 2.00 bits per heavy atom. The summed E-state index contributed by atoms with van der Waals surface area (Å²) < 4.78 is 0. The first-order chi connectivity index (χ1) is 7.01. The first kappa shape index (κ1) is 13.7. The fraction of sp³-hybridized carbons (Fsp3) is 0.800. The van der Waals surface area contributed by atoms with Crippen LogP contribution in [0.15, 0.2) is 0 Å². The van der Waals surface area contributed by atoms with Crippen LogP contribution in [-0.2, 0) is 4.79 Å². The standard InChI is InChI=1S/C10H20N2O3/c1-4-8(3)6-11-10(15)12(5-2)7-9(13)14/h8H,4-7H2,1-3H3,(H,11,15)(H,13,14). The third-order valence-electron chi connectivity index (χ3n) is 2.29. The van der Waals surface area contributed by atoms with Crippen molar-refractivity contribution in [2.75, 3.05) is 19.6 Å². The molecule has 0 aromatic carbocycles. The Kier molecular flexibility index (Phi) is 6.49. The van der Waals surface area contributed by atoms with Crippen molar-refractivity contribution in [3.05, 3.63) is 0 Å². The van der Waals surface area contributed by atoms with Gasteiger partial charge >= 0.3 is 12.0 Å². The summed E-state index contributed by atoms with van der Waals surface area (Å²) in [5.74, 6) is -0.576. The number of amides is 2. The summed E-state index contributed by atoms with van der Waals surface area (Å²) in [7, 11) is 0. The monoisotopic (exact) mass is 216 g/mol. The van der Waals surface area contributed by atoms with Crippen LogP contribution in [-0.4, -0.2) is 41.6 Å². The molecule has 0 aliphatic carbocycles. The van der Waals surface area contributed by atoms with E-state index in [9.17, 15) is 9.59 Å². The molecule has 1 unspecified atom stereocenters. The predicted octanol–water partition coefficient (Wildman–Crippen LogP) is 1.15. The van der Waals surface area contributed by atoms with Crippen LogP contribution in [0, 0.1) is 5.92 Å². The number of carbonyl (C=O) groups excluding carboxylic acids is 1. The van der Waals surface area contributed by atoms with Gasteiger partial charge in [-0.3, -0.25) is 4.79 Å². The first-order valence-corrected chi connectivity index (χ1v) is 5.25. The number of rotatable bonds is 6. The van der Waals surface area contributed by atoms with Crippen molar-refractivity contribution >= 4 is 12.0 Å². The summed E-state index contributed by atoms with van der Waals surface area (Å²) in [5.41, 5.74) is 0. The lowest BCUT2D eigenvalue weighted by Gasteiger charge is -2.20. The number of carboxylic acid groups (broad SMARTS) is 1. The van der Waals surface area contributed by atoms with Crippen molar-refractivity contribution in [2.45, 2.75) is 27.2 Å². The van der Waals surface area contributed by atoms with Crippen molar-refractivity contribution in [1.82, 2.24) is 10.2 Å². The zero-order chi connectivity index (χ0) is 11.8. The summed E-state index contributed by atoms with van der Waals surface area (Å²) in [6, 6.07) is -0.305. The Bertz CT molecular complexity index is 219. The summed E-state index contributed by atoms with van der Waals surface area (Å²) in [6.45, 7) is 6.58. The maximum Gasteiger partial charge on any atom is 0.323 e. The molecule has 0 aliphatic rings. The van der Waals surface area contributed by atoms with Gasteiger partial charge in [-0.05, 0) is 12.8 Å². The molecule has 0 saturated heterocycles. The summed E-state index contributed by atoms with van der Waals surface area (Å²) >= 11 is 0. The highest BCUT2D eigenvalue weighted by Crippen LogP contribution is 1.98. The molecule has 0 spiro atoms. The van der Waals surface area contributed by atoms with Gasteiger partial charge in [0.25, 0.3) is 0 Å². The second-order valence-corrected chi connectivity index (χ2v) is 3.61. The molecule has 15 heavy (non-hydrogen) atoms. The molecule has 0 saturated carbocycles. The molecule has 0 aliphatic heterocycles. The van der Waals surface area contributed by atoms with Gasteiger partial charge in [-0.25, -0.2) is 4.79 Å². The fourth-order valence-electron chi connectivity index (χ4n) is 1.01. The van der Waals surface area contributed by atoms with Crippen LogP contribution >= 0.6 is 0 Å². The van der Waals surface area contributed by atoms with Crippen molar-refractivity contribution in [1.29, 1.82) is 0 Å².